The lowest BCUT2D eigenvalue weighted by Crippen LogP contribution is -2.49. The van der Waals surface area contributed by atoms with Gasteiger partial charge in [0.25, 0.3) is 0 Å². The molecule has 1 rings (SSSR count). The van der Waals surface area contributed by atoms with Crippen molar-refractivity contribution in [3.05, 3.63) is 24.2 Å². The largest absolute Gasteiger partial charge is 0.480 e. The Kier molecular flexibility index (Phi) is 4.52. The average Bonchev–Trinajstić information content (AvgIpc) is 2.76. The molecular formula is C11H17NO4. The molecule has 0 fully saturated rings. The lowest BCUT2D eigenvalue weighted by Gasteiger charge is -2.25. The van der Waals surface area contributed by atoms with E-state index in [0.29, 0.717) is 25.3 Å². The quantitative estimate of drug-likeness (QED) is 0.733. The van der Waals surface area contributed by atoms with E-state index in [-0.39, 0.29) is 0 Å². The SMILES string of the molecule is COCCC(C)(NCc1ccco1)C(=O)O. The molecular weight excluding hydrogens is 210 g/mol. The highest BCUT2D eigenvalue weighted by atomic mass is 16.5. The Hall–Kier alpha value is -1.33. The summed E-state index contributed by atoms with van der Waals surface area (Å²) >= 11 is 0. The Morgan fingerprint density at radius 1 is 1.69 bits per heavy atom. The first kappa shape index (κ1) is 12.7. The number of carboxylic acids is 1. The first-order chi connectivity index (χ1) is 7.58. The van der Waals surface area contributed by atoms with Gasteiger partial charge in [0.2, 0.25) is 0 Å². The van der Waals surface area contributed by atoms with E-state index in [0.717, 1.165) is 0 Å². The first-order valence-electron chi connectivity index (χ1n) is 5.08. The zero-order valence-electron chi connectivity index (χ0n) is 9.53. The fraction of sp³-hybridized carbons (Fsp3) is 0.545. The number of furan rings is 1. The number of aliphatic carboxylic acids is 1. The maximum absolute atomic E-state index is 11.1. The molecule has 0 bridgehead atoms. The van der Waals surface area contributed by atoms with Crippen LogP contribution in [-0.4, -0.2) is 30.3 Å². The van der Waals surface area contributed by atoms with E-state index in [4.69, 9.17) is 14.3 Å². The maximum atomic E-state index is 11.1. The topological polar surface area (TPSA) is 71.7 Å². The van der Waals surface area contributed by atoms with E-state index < -0.39 is 11.5 Å². The molecule has 1 atom stereocenters. The van der Waals surface area contributed by atoms with Gasteiger partial charge in [0.1, 0.15) is 11.3 Å². The zero-order valence-corrected chi connectivity index (χ0v) is 9.53. The molecule has 1 aromatic heterocycles. The molecule has 5 nitrogen and oxygen atoms in total. The molecule has 0 aliphatic carbocycles. The van der Waals surface area contributed by atoms with Crippen LogP contribution in [0.2, 0.25) is 0 Å². The molecule has 2 N–H and O–H groups in total. The molecule has 0 aliphatic heterocycles. The van der Waals surface area contributed by atoms with Crippen molar-refractivity contribution in [2.45, 2.75) is 25.4 Å². The van der Waals surface area contributed by atoms with Gasteiger partial charge in [-0.3, -0.25) is 10.1 Å². The normalized spacial score (nSPS) is 14.6. The standard InChI is InChI=1S/C11H17NO4/c1-11(10(13)14,5-7-15-2)12-8-9-4-3-6-16-9/h3-4,6,12H,5,7-8H2,1-2H3,(H,13,14). The maximum Gasteiger partial charge on any atom is 0.323 e. The molecule has 1 aromatic rings. The van der Waals surface area contributed by atoms with Crippen LogP contribution < -0.4 is 5.32 Å². The van der Waals surface area contributed by atoms with Crippen LogP contribution in [0.25, 0.3) is 0 Å². The second-order valence-electron chi connectivity index (χ2n) is 3.81. The summed E-state index contributed by atoms with van der Waals surface area (Å²) in [6.45, 7) is 2.42. The van der Waals surface area contributed by atoms with Gasteiger partial charge in [-0.15, -0.1) is 0 Å². The summed E-state index contributed by atoms with van der Waals surface area (Å²) in [4.78, 5) is 11.1. The predicted octanol–water partition coefficient (Wildman–Crippen LogP) is 1.25. The highest BCUT2D eigenvalue weighted by Gasteiger charge is 2.32. The minimum Gasteiger partial charge on any atom is -0.480 e. The molecule has 1 unspecified atom stereocenters. The molecule has 5 heteroatoms. The Bertz CT molecular complexity index is 323. The average molecular weight is 227 g/mol. The number of hydrogen-bond acceptors (Lipinski definition) is 4. The van der Waals surface area contributed by atoms with Crippen molar-refractivity contribution >= 4 is 5.97 Å². The summed E-state index contributed by atoms with van der Waals surface area (Å²) in [5.41, 5.74) is -0.997. The number of rotatable bonds is 7. The number of carboxylic acid groups (broad SMARTS) is 1. The lowest BCUT2D eigenvalue weighted by molar-refractivity contribution is -0.145. The van der Waals surface area contributed by atoms with Crippen LogP contribution in [0.3, 0.4) is 0 Å². The van der Waals surface area contributed by atoms with Gasteiger partial charge in [-0.25, -0.2) is 0 Å². The van der Waals surface area contributed by atoms with Gasteiger partial charge in [0.05, 0.1) is 12.8 Å². The van der Waals surface area contributed by atoms with Crippen LogP contribution in [0.15, 0.2) is 22.8 Å². The lowest BCUT2D eigenvalue weighted by atomic mass is 9.98. The van der Waals surface area contributed by atoms with Gasteiger partial charge in [-0.2, -0.15) is 0 Å². The molecule has 16 heavy (non-hydrogen) atoms. The fourth-order valence-corrected chi connectivity index (χ4v) is 1.27. The number of methoxy groups -OCH3 is 1. The number of carbonyl (C=O) groups is 1. The van der Waals surface area contributed by atoms with E-state index in [1.165, 1.54) is 0 Å². The molecule has 90 valence electrons. The number of hydrogen-bond donors (Lipinski definition) is 2. The summed E-state index contributed by atoms with van der Waals surface area (Å²) in [6.07, 6.45) is 1.96. The fourth-order valence-electron chi connectivity index (χ4n) is 1.27. The van der Waals surface area contributed by atoms with Crippen LogP contribution in [0.4, 0.5) is 0 Å². The Balaban J connectivity index is 2.53. The number of ether oxygens (including phenoxy) is 1. The summed E-state index contributed by atoms with van der Waals surface area (Å²) in [6, 6.07) is 3.57. The van der Waals surface area contributed by atoms with Gasteiger partial charge >= 0.3 is 5.97 Å². The van der Waals surface area contributed by atoms with Gasteiger partial charge in [0.15, 0.2) is 0 Å². The second-order valence-corrected chi connectivity index (χ2v) is 3.81. The summed E-state index contributed by atoms with van der Waals surface area (Å²) < 4.78 is 10.0. The first-order valence-corrected chi connectivity index (χ1v) is 5.08. The molecule has 0 spiro atoms. The van der Waals surface area contributed by atoms with E-state index in [9.17, 15) is 4.79 Å². The molecule has 0 aliphatic rings. The molecule has 0 amide bonds. The Morgan fingerprint density at radius 2 is 2.44 bits per heavy atom. The second kappa shape index (κ2) is 5.67. The Morgan fingerprint density at radius 3 is 2.94 bits per heavy atom. The van der Waals surface area contributed by atoms with Crippen LogP contribution >= 0.6 is 0 Å². The van der Waals surface area contributed by atoms with E-state index in [1.54, 1.807) is 32.4 Å². The molecule has 0 saturated carbocycles. The summed E-state index contributed by atoms with van der Waals surface area (Å²) in [5, 5.41) is 12.1. The third-order valence-corrected chi connectivity index (χ3v) is 2.51. The third-order valence-electron chi connectivity index (χ3n) is 2.51. The monoisotopic (exact) mass is 227 g/mol. The third kappa shape index (κ3) is 3.36. The minimum absolute atomic E-state index is 0.388. The highest BCUT2D eigenvalue weighted by Crippen LogP contribution is 2.12. The highest BCUT2D eigenvalue weighted by molar-refractivity contribution is 5.78. The smallest absolute Gasteiger partial charge is 0.323 e. The number of nitrogens with one attached hydrogen (secondary N) is 1. The van der Waals surface area contributed by atoms with Crippen molar-refractivity contribution in [1.82, 2.24) is 5.32 Å². The van der Waals surface area contributed by atoms with Crippen molar-refractivity contribution in [1.29, 1.82) is 0 Å². The minimum atomic E-state index is -0.997. The van der Waals surface area contributed by atoms with Crippen molar-refractivity contribution in [3.8, 4) is 0 Å². The van der Waals surface area contributed by atoms with Crippen LogP contribution in [0.1, 0.15) is 19.1 Å². The van der Waals surface area contributed by atoms with Crippen LogP contribution in [-0.2, 0) is 16.1 Å². The van der Waals surface area contributed by atoms with Crippen LogP contribution in [0, 0.1) is 0 Å². The van der Waals surface area contributed by atoms with E-state index in [1.807, 2.05) is 0 Å². The predicted molar refractivity (Wildman–Crippen MR) is 58.1 cm³/mol. The Labute approximate surface area is 94.4 Å². The van der Waals surface area contributed by atoms with Crippen molar-refractivity contribution in [2.75, 3.05) is 13.7 Å². The van der Waals surface area contributed by atoms with Gasteiger partial charge in [-0.05, 0) is 25.5 Å². The van der Waals surface area contributed by atoms with Gasteiger partial charge < -0.3 is 14.3 Å². The molecule has 0 saturated heterocycles. The van der Waals surface area contributed by atoms with Crippen molar-refractivity contribution < 1.29 is 19.1 Å². The van der Waals surface area contributed by atoms with E-state index in [2.05, 4.69) is 5.32 Å². The van der Waals surface area contributed by atoms with Crippen molar-refractivity contribution in [3.63, 3.8) is 0 Å². The summed E-state index contributed by atoms with van der Waals surface area (Å²) in [7, 11) is 1.55. The molecule has 1 heterocycles. The molecule has 0 radical (unpaired) electrons. The van der Waals surface area contributed by atoms with Gasteiger partial charge in [-0.1, -0.05) is 0 Å². The van der Waals surface area contributed by atoms with Crippen LogP contribution in [0.5, 0.6) is 0 Å². The zero-order chi connectivity index (χ0) is 12.0. The van der Waals surface area contributed by atoms with Crippen molar-refractivity contribution in [2.24, 2.45) is 0 Å². The summed E-state index contributed by atoms with van der Waals surface area (Å²) in [5.74, 6) is -0.180. The van der Waals surface area contributed by atoms with Gasteiger partial charge in [0, 0.05) is 13.7 Å². The van der Waals surface area contributed by atoms with E-state index >= 15 is 0 Å². The molecule has 0 aromatic carbocycles.